The highest BCUT2D eigenvalue weighted by Crippen LogP contribution is 2.28. The normalized spacial score (nSPS) is 11.0. The molecule has 4 aromatic rings. The number of nitrogens with zero attached hydrogens (tertiary/aromatic N) is 2. The summed E-state index contributed by atoms with van der Waals surface area (Å²) < 4.78 is 6.97. The predicted molar refractivity (Wildman–Crippen MR) is 139 cm³/mol. The zero-order chi connectivity index (χ0) is 24.4. The van der Waals surface area contributed by atoms with Crippen LogP contribution in [0.1, 0.15) is 16.7 Å². The summed E-state index contributed by atoms with van der Waals surface area (Å²) in [5, 5.41) is 4.28. The number of halogens is 1. The number of anilines is 1. The molecule has 6 nitrogen and oxygen atoms in total. The Kier molecular flexibility index (Phi) is 6.95. The quantitative estimate of drug-likeness (QED) is 0.275. The Bertz CT molecular complexity index is 1440. The van der Waals surface area contributed by atoms with E-state index in [1.54, 1.807) is 37.4 Å². The van der Waals surface area contributed by atoms with Crippen LogP contribution in [0.3, 0.4) is 0 Å². The zero-order valence-electron chi connectivity index (χ0n) is 19.3. The van der Waals surface area contributed by atoms with Gasteiger partial charge in [0.2, 0.25) is 5.91 Å². The molecule has 34 heavy (non-hydrogen) atoms. The van der Waals surface area contributed by atoms with Crippen molar-refractivity contribution in [2.75, 3.05) is 18.2 Å². The summed E-state index contributed by atoms with van der Waals surface area (Å²) in [6.45, 7) is 5.96. The van der Waals surface area contributed by atoms with Gasteiger partial charge in [-0.25, -0.2) is 4.98 Å². The number of aryl methyl sites for hydroxylation is 3. The Balaban J connectivity index is 1.73. The lowest BCUT2D eigenvalue weighted by molar-refractivity contribution is -0.113. The van der Waals surface area contributed by atoms with Crippen LogP contribution in [0, 0.1) is 20.8 Å². The molecule has 8 heteroatoms. The van der Waals surface area contributed by atoms with Crippen molar-refractivity contribution in [2.24, 2.45) is 0 Å². The number of aromatic nitrogens is 2. The van der Waals surface area contributed by atoms with Crippen molar-refractivity contribution in [1.29, 1.82) is 0 Å². The zero-order valence-corrected chi connectivity index (χ0v) is 20.9. The summed E-state index contributed by atoms with van der Waals surface area (Å²) in [7, 11) is 1.55. The van der Waals surface area contributed by atoms with E-state index in [2.05, 4.69) is 10.3 Å². The number of para-hydroxylation sites is 2. The Hall–Kier alpha value is -3.29. The fraction of sp³-hybridized carbons (Fsp3) is 0.192. The van der Waals surface area contributed by atoms with Crippen molar-refractivity contribution in [1.82, 2.24) is 9.55 Å². The number of methoxy groups -OCH3 is 1. The Labute approximate surface area is 206 Å². The molecule has 3 aromatic carbocycles. The van der Waals surface area contributed by atoms with Crippen molar-refractivity contribution < 1.29 is 9.53 Å². The van der Waals surface area contributed by atoms with Gasteiger partial charge in [0.1, 0.15) is 5.75 Å². The monoisotopic (exact) mass is 493 g/mol. The van der Waals surface area contributed by atoms with Crippen LogP contribution in [0.15, 0.2) is 64.5 Å². The Morgan fingerprint density at radius 1 is 1.09 bits per heavy atom. The molecule has 1 heterocycles. The maximum absolute atomic E-state index is 13.5. The smallest absolute Gasteiger partial charge is 0.266 e. The van der Waals surface area contributed by atoms with Crippen molar-refractivity contribution in [3.63, 3.8) is 0 Å². The second-order valence-electron chi connectivity index (χ2n) is 7.98. The highest BCUT2D eigenvalue weighted by Gasteiger charge is 2.18. The van der Waals surface area contributed by atoms with E-state index in [9.17, 15) is 9.59 Å². The van der Waals surface area contributed by atoms with Gasteiger partial charge in [-0.15, -0.1) is 0 Å². The number of rotatable bonds is 6. The molecule has 0 fully saturated rings. The minimum absolute atomic E-state index is 0.0699. The number of thioether (sulfide) groups is 1. The molecule has 0 aliphatic carbocycles. The molecule has 174 valence electrons. The summed E-state index contributed by atoms with van der Waals surface area (Å²) in [6.07, 6.45) is 0. The van der Waals surface area contributed by atoms with E-state index in [0.29, 0.717) is 32.5 Å². The van der Waals surface area contributed by atoms with E-state index in [4.69, 9.17) is 16.3 Å². The molecular formula is C26H24ClN3O3S. The standard InChI is InChI=1S/C26H24ClN3O3S/c1-15-11-16(2)24(17(3)12-15)29-23(31)14-34-26-28-20-13-18(27)9-10-19(20)25(32)30(26)21-7-5-6-8-22(21)33-4/h5-13H,14H2,1-4H3,(H,29,31). The molecule has 4 rings (SSSR count). The first kappa shape index (κ1) is 23.9. The summed E-state index contributed by atoms with van der Waals surface area (Å²) in [5.74, 6) is 0.407. The third kappa shape index (κ3) is 4.81. The number of carbonyl (C=O) groups excluding carboxylic acids is 1. The highest BCUT2D eigenvalue weighted by molar-refractivity contribution is 7.99. The second-order valence-corrected chi connectivity index (χ2v) is 9.36. The lowest BCUT2D eigenvalue weighted by Crippen LogP contribution is -2.23. The van der Waals surface area contributed by atoms with Gasteiger partial charge in [0.15, 0.2) is 5.16 Å². The number of nitrogens with one attached hydrogen (secondary N) is 1. The van der Waals surface area contributed by atoms with E-state index in [0.717, 1.165) is 22.4 Å². The van der Waals surface area contributed by atoms with Crippen LogP contribution in [0.4, 0.5) is 5.69 Å². The number of fused-ring (bicyclic) bond motifs is 1. The highest BCUT2D eigenvalue weighted by atomic mass is 35.5. The summed E-state index contributed by atoms with van der Waals surface area (Å²) >= 11 is 7.33. The lowest BCUT2D eigenvalue weighted by atomic mass is 10.1. The molecule has 0 aliphatic rings. The largest absolute Gasteiger partial charge is 0.495 e. The Morgan fingerprint density at radius 2 is 1.79 bits per heavy atom. The van der Waals surface area contributed by atoms with Crippen molar-refractivity contribution in [2.45, 2.75) is 25.9 Å². The van der Waals surface area contributed by atoms with E-state index < -0.39 is 0 Å². The molecule has 0 saturated carbocycles. The van der Waals surface area contributed by atoms with Crippen LogP contribution in [0.25, 0.3) is 16.6 Å². The first-order valence-electron chi connectivity index (χ1n) is 10.6. The number of ether oxygens (including phenoxy) is 1. The van der Waals surface area contributed by atoms with Gasteiger partial charge in [0.25, 0.3) is 5.56 Å². The molecule has 0 atom stereocenters. The molecule has 1 N–H and O–H groups in total. The van der Waals surface area contributed by atoms with Gasteiger partial charge in [0.05, 0.1) is 29.5 Å². The molecule has 0 spiro atoms. The molecule has 0 unspecified atom stereocenters. The van der Waals surface area contributed by atoms with Crippen LogP contribution in [-0.4, -0.2) is 28.3 Å². The van der Waals surface area contributed by atoms with Gasteiger partial charge in [-0.3, -0.25) is 14.2 Å². The first-order chi connectivity index (χ1) is 16.3. The SMILES string of the molecule is COc1ccccc1-n1c(SCC(=O)Nc2c(C)cc(C)cc2C)nc2cc(Cl)ccc2c1=O. The first-order valence-corrected chi connectivity index (χ1v) is 12.0. The van der Waals surface area contributed by atoms with Gasteiger partial charge >= 0.3 is 0 Å². The third-order valence-corrected chi connectivity index (χ3v) is 6.57. The van der Waals surface area contributed by atoms with Crippen molar-refractivity contribution >= 4 is 45.9 Å². The third-order valence-electron chi connectivity index (χ3n) is 5.40. The van der Waals surface area contributed by atoms with Crippen LogP contribution in [0.5, 0.6) is 5.75 Å². The summed E-state index contributed by atoms with van der Waals surface area (Å²) in [4.78, 5) is 31.0. The number of hydrogen-bond donors (Lipinski definition) is 1. The fourth-order valence-corrected chi connectivity index (χ4v) is 4.92. The molecule has 1 aromatic heterocycles. The molecule has 0 aliphatic heterocycles. The predicted octanol–water partition coefficient (Wildman–Crippen LogP) is 5.70. The molecule has 0 saturated heterocycles. The molecule has 0 radical (unpaired) electrons. The lowest BCUT2D eigenvalue weighted by Gasteiger charge is -2.16. The minimum atomic E-state index is -0.265. The van der Waals surface area contributed by atoms with Crippen LogP contribution >= 0.6 is 23.4 Å². The van der Waals surface area contributed by atoms with Crippen LogP contribution in [0.2, 0.25) is 5.02 Å². The molecule has 0 bridgehead atoms. The average molecular weight is 494 g/mol. The van der Waals surface area contributed by atoms with Gasteiger partial charge in [-0.05, 0) is 62.2 Å². The number of benzene rings is 3. The van der Waals surface area contributed by atoms with E-state index >= 15 is 0 Å². The van der Waals surface area contributed by atoms with Crippen molar-refractivity contribution in [3.05, 3.63) is 86.7 Å². The number of carbonyl (C=O) groups is 1. The average Bonchev–Trinajstić information content (AvgIpc) is 2.80. The summed E-state index contributed by atoms with van der Waals surface area (Å²) in [6, 6.07) is 16.2. The van der Waals surface area contributed by atoms with E-state index in [-0.39, 0.29) is 17.2 Å². The molecule has 1 amide bonds. The van der Waals surface area contributed by atoms with Gasteiger partial charge in [-0.1, -0.05) is 53.2 Å². The summed E-state index contributed by atoms with van der Waals surface area (Å²) in [5.41, 5.74) is 4.70. The molecular weight excluding hydrogens is 470 g/mol. The maximum Gasteiger partial charge on any atom is 0.266 e. The van der Waals surface area contributed by atoms with Gasteiger partial charge in [-0.2, -0.15) is 0 Å². The fourth-order valence-electron chi connectivity index (χ4n) is 3.95. The van der Waals surface area contributed by atoms with Crippen molar-refractivity contribution in [3.8, 4) is 11.4 Å². The number of hydrogen-bond acceptors (Lipinski definition) is 5. The topological polar surface area (TPSA) is 73.2 Å². The Morgan fingerprint density at radius 3 is 2.50 bits per heavy atom. The second kappa shape index (κ2) is 9.91. The van der Waals surface area contributed by atoms with Gasteiger partial charge in [0, 0.05) is 10.7 Å². The van der Waals surface area contributed by atoms with Gasteiger partial charge < -0.3 is 10.1 Å². The van der Waals surface area contributed by atoms with Crippen LogP contribution < -0.4 is 15.6 Å². The van der Waals surface area contributed by atoms with E-state index in [1.165, 1.54) is 16.3 Å². The minimum Gasteiger partial charge on any atom is -0.495 e. The maximum atomic E-state index is 13.5. The van der Waals surface area contributed by atoms with E-state index in [1.807, 2.05) is 45.0 Å². The van der Waals surface area contributed by atoms with Crippen LogP contribution in [-0.2, 0) is 4.79 Å². The number of amides is 1.